The van der Waals surface area contributed by atoms with Crippen LogP contribution in [-0.2, 0) is 10.0 Å². The minimum Gasteiger partial charge on any atom is -0.495 e. The van der Waals surface area contributed by atoms with Gasteiger partial charge in [0.15, 0.2) is 0 Å². The third-order valence-electron chi connectivity index (χ3n) is 4.64. The lowest BCUT2D eigenvalue weighted by Gasteiger charge is -2.12. The molecule has 0 aliphatic rings. The first-order chi connectivity index (χ1) is 15.2. The number of anilines is 2. The third-order valence-corrected chi connectivity index (χ3v) is 6.00. The van der Waals surface area contributed by atoms with E-state index in [1.165, 1.54) is 25.3 Å². The van der Waals surface area contributed by atoms with Crippen LogP contribution in [0.25, 0.3) is 0 Å². The van der Waals surface area contributed by atoms with Crippen LogP contribution < -0.4 is 14.9 Å². The molecule has 3 aromatic rings. The number of methoxy groups -OCH3 is 1. The summed E-state index contributed by atoms with van der Waals surface area (Å²) in [5.41, 5.74) is 5.10. The Kier molecular flexibility index (Phi) is 6.74. The first kappa shape index (κ1) is 22.8. The SMILES string of the molecule is COc1ccccc1NS(=O)(=O)c1ccc(NN=C(C)c2ccc(C)cc2)c([N+](=O)[O-])c1. The average Bonchev–Trinajstić information content (AvgIpc) is 2.77. The fourth-order valence-electron chi connectivity index (χ4n) is 2.86. The van der Waals surface area contributed by atoms with Crippen LogP contribution in [0, 0.1) is 17.0 Å². The zero-order chi connectivity index (χ0) is 23.3. The molecular weight excluding hydrogens is 432 g/mol. The molecule has 166 valence electrons. The molecular formula is C22H22N4O5S. The number of aryl methyl sites for hydroxylation is 1. The number of nitro groups is 1. The van der Waals surface area contributed by atoms with Crippen molar-refractivity contribution in [1.82, 2.24) is 0 Å². The molecule has 10 heteroatoms. The van der Waals surface area contributed by atoms with Gasteiger partial charge in [0, 0.05) is 6.07 Å². The van der Waals surface area contributed by atoms with Crippen molar-refractivity contribution in [2.24, 2.45) is 5.10 Å². The van der Waals surface area contributed by atoms with E-state index in [2.05, 4.69) is 15.2 Å². The van der Waals surface area contributed by atoms with E-state index in [1.807, 2.05) is 31.2 Å². The van der Waals surface area contributed by atoms with Gasteiger partial charge in [-0.15, -0.1) is 0 Å². The van der Waals surface area contributed by atoms with E-state index >= 15 is 0 Å². The number of hydrogen-bond acceptors (Lipinski definition) is 7. The van der Waals surface area contributed by atoms with Gasteiger partial charge in [0.05, 0.1) is 28.3 Å². The first-order valence-electron chi connectivity index (χ1n) is 9.53. The Bertz CT molecular complexity index is 1270. The highest BCUT2D eigenvalue weighted by Crippen LogP contribution is 2.30. The topological polar surface area (TPSA) is 123 Å². The Morgan fingerprint density at radius 3 is 2.38 bits per heavy atom. The number of ether oxygens (including phenoxy) is 1. The van der Waals surface area contributed by atoms with Gasteiger partial charge in [-0.05, 0) is 43.7 Å². The summed E-state index contributed by atoms with van der Waals surface area (Å²) < 4.78 is 33.1. The van der Waals surface area contributed by atoms with E-state index in [0.29, 0.717) is 11.5 Å². The van der Waals surface area contributed by atoms with Crippen LogP contribution in [0.5, 0.6) is 5.75 Å². The van der Waals surface area contributed by atoms with Gasteiger partial charge in [0.1, 0.15) is 11.4 Å². The van der Waals surface area contributed by atoms with Crippen molar-refractivity contribution in [3.05, 3.63) is 88.0 Å². The Balaban J connectivity index is 1.89. The summed E-state index contributed by atoms with van der Waals surface area (Å²) in [4.78, 5) is 10.7. The summed E-state index contributed by atoms with van der Waals surface area (Å²) in [6.07, 6.45) is 0. The molecule has 0 radical (unpaired) electrons. The minimum atomic E-state index is -4.10. The second kappa shape index (κ2) is 9.48. The minimum absolute atomic E-state index is 0.0673. The maximum atomic E-state index is 12.8. The molecule has 0 heterocycles. The van der Waals surface area contributed by atoms with Gasteiger partial charge in [-0.1, -0.05) is 42.0 Å². The van der Waals surface area contributed by atoms with Crippen molar-refractivity contribution in [1.29, 1.82) is 0 Å². The molecule has 0 amide bonds. The number of para-hydroxylation sites is 2. The highest BCUT2D eigenvalue weighted by Gasteiger charge is 2.22. The Morgan fingerprint density at radius 2 is 1.72 bits per heavy atom. The molecule has 9 nitrogen and oxygen atoms in total. The van der Waals surface area contributed by atoms with E-state index in [0.717, 1.165) is 17.2 Å². The summed E-state index contributed by atoms with van der Waals surface area (Å²) in [5.74, 6) is 0.324. The molecule has 0 aliphatic carbocycles. The fraction of sp³-hybridized carbons (Fsp3) is 0.136. The lowest BCUT2D eigenvalue weighted by molar-refractivity contribution is -0.384. The van der Waals surface area contributed by atoms with Crippen LogP contribution in [0.1, 0.15) is 18.1 Å². The first-order valence-corrected chi connectivity index (χ1v) is 11.0. The number of rotatable bonds is 8. The number of hydrogen-bond donors (Lipinski definition) is 2. The molecule has 0 fully saturated rings. The van der Waals surface area contributed by atoms with Crippen molar-refractivity contribution in [3.8, 4) is 5.75 Å². The standard InChI is InChI=1S/C22H22N4O5S/c1-15-8-10-17(11-9-15)16(2)23-24-19-13-12-18(14-21(19)26(27)28)32(29,30)25-20-6-4-5-7-22(20)31-3/h4-14,24-25H,1-3H3. The lowest BCUT2D eigenvalue weighted by Crippen LogP contribution is -2.14. The fourth-order valence-corrected chi connectivity index (χ4v) is 3.95. The Hall–Kier alpha value is -3.92. The molecule has 0 saturated carbocycles. The van der Waals surface area contributed by atoms with Crippen molar-refractivity contribution in [3.63, 3.8) is 0 Å². The maximum Gasteiger partial charge on any atom is 0.295 e. The number of nitrogens with one attached hydrogen (secondary N) is 2. The highest BCUT2D eigenvalue weighted by molar-refractivity contribution is 7.92. The van der Waals surface area contributed by atoms with Gasteiger partial charge in [-0.2, -0.15) is 5.10 Å². The lowest BCUT2D eigenvalue weighted by atomic mass is 10.1. The van der Waals surface area contributed by atoms with E-state index in [1.54, 1.807) is 25.1 Å². The molecule has 2 N–H and O–H groups in total. The van der Waals surface area contributed by atoms with Crippen LogP contribution in [0.3, 0.4) is 0 Å². The van der Waals surface area contributed by atoms with Gasteiger partial charge in [0.25, 0.3) is 15.7 Å². The van der Waals surface area contributed by atoms with Gasteiger partial charge >= 0.3 is 0 Å². The molecule has 32 heavy (non-hydrogen) atoms. The molecule has 0 bridgehead atoms. The zero-order valence-electron chi connectivity index (χ0n) is 17.7. The second-order valence-electron chi connectivity index (χ2n) is 6.92. The van der Waals surface area contributed by atoms with Crippen LogP contribution in [0.4, 0.5) is 17.1 Å². The molecule has 0 aliphatic heterocycles. The zero-order valence-corrected chi connectivity index (χ0v) is 18.5. The summed E-state index contributed by atoms with van der Waals surface area (Å²) in [6.45, 7) is 3.73. The van der Waals surface area contributed by atoms with E-state index in [4.69, 9.17) is 4.74 Å². The molecule has 3 rings (SSSR count). The predicted molar refractivity (Wildman–Crippen MR) is 124 cm³/mol. The van der Waals surface area contributed by atoms with Crippen LogP contribution in [-0.4, -0.2) is 26.2 Å². The number of hydrazone groups is 1. The molecule has 0 aromatic heterocycles. The maximum absolute atomic E-state index is 12.8. The summed E-state index contributed by atoms with van der Waals surface area (Å²) in [6, 6.07) is 17.7. The highest BCUT2D eigenvalue weighted by atomic mass is 32.2. The van der Waals surface area contributed by atoms with Crippen molar-refractivity contribution >= 4 is 32.8 Å². The van der Waals surface area contributed by atoms with Gasteiger partial charge in [0.2, 0.25) is 0 Å². The molecule has 0 atom stereocenters. The largest absolute Gasteiger partial charge is 0.495 e. The van der Waals surface area contributed by atoms with Gasteiger partial charge < -0.3 is 4.74 Å². The number of nitrogens with zero attached hydrogens (tertiary/aromatic N) is 2. The van der Waals surface area contributed by atoms with Crippen molar-refractivity contribution in [2.45, 2.75) is 18.7 Å². The van der Waals surface area contributed by atoms with Crippen molar-refractivity contribution < 1.29 is 18.1 Å². The molecule has 3 aromatic carbocycles. The second-order valence-corrected chi connectivity index (χ2v) is 8.60. The summed E-state index contributed by atoms with van der Waals surface area (Å²) >= 11 is 0. The van der Waals surface area contributed by atoms with Crippen LogP contribution in [0.15, 0.2) is 76.7 Å². The van der Waals surface area contributed by atoms with Crippen LogP contribution in [0.2, 0.25) is 0 Å². The average molecular weight is 455 g/mol. The normalized spacial score (nSPS) is 11.7. The quantitative estimate of drug-likeness (QED) is 0.292. The molecule has 0 spiro atoms. The molecule has 0 unspecified atom stereocenters. The Morgan fingerprint density at radius 1 is 1.03 bits per heavy atom. The van der Waals surface area contributed by atoms with Crippen LogP contribution >= 0.6 is 0 Å². The monoisotopic (exact) mass is 454 g/mol. The Labute approximate surface area is 185 Å². The van der Waals surface area contributed by atoms with E-state index in [9.17, 15) is 18.5 Å². The summed E-state index contributed by atoms with van der Waals surface area (Å²) in [7, 11) is -2.68. The van der Waals surface area contributed by atoms with E-state index in [-0.39, 0.29) is 16.3 Å². The smallest absolute Gasteiger partial charge is 0.295 e. The number of benzene rings is 3. The third kappa shape index (κ3) is 5.22. The predicted octanol–water partition coefficient (Wildman–Crippen LogP) is 4.55. The van der Waals surface area contributed by atoms with E-state index < -0.39 is 20.6 Å². The van der Waals surface area contributed by atoms with Gasteiger partial charge in [-0.25, -0.2) is 8.42 Å². The van der Waals surface area contributed by atoms with Gasteiger partial charge in [-0.3, -0.25) is 20.3 Å². The van der Waals surface area contributed by atoms with Crippen molar-refractivity contribution in [2.75, 3.05) is 17.3 Å². The number of sulfonamides is 1. The number of nitro benzene ring substituents is 1. The summed E-state index contributed by atoms with van der Waals surface area (Å²) in [5, 5.41) is 15.8. The molecule has 0 saturated heterocycles.